The molecule has 0 spiro atoms. The molecule has 1 aliphatic heterocycles. The summed E-state index contributed by atoms with van der Waals surface area (Å²) in [6, 6.07) is 8.28. The van der Waals surface area contributed by atoms with Gasteiger partial charge in [-0.05, 0) is 25.3 Å². The van der Waals surface area contributed by atoms with Gasteiger partial charge in [-0.1, -0.05) is 29.8 Å². The smallest absolute Gasteiger partial charge is 0.227 e. The van der Waals surface area contributed by atoms with E-state index in [1.807, 2.05) is 30.0 Å². The number of amides is 1. The van der Waals surface area contributed by atoms with E-state index in [1.165, 1.54) is 5.56 Å². The zero-order valence-electron chi connectivity index (χ0n) is 10.8. The van der Waals surface area contributed by atoms with E-state index in [0.717, 1.165) is 24.9 Å². The van der Waals surface area contributed by atoms with Gasteiger partial charge in [0.2, 0.25) is 5.91 Å². The van der Waals surface area contributed by atoms with Gasteiger partial charge < -0.3 is 10.6 Å². The van der Waals surface area contributed by atoms with E-state index in [1.54, 1.807) is 0 Å². The quantitative estimate of drug-likeness (QED) is 0.891. The van der Waals surface area contributed by atoms with E-state index in [0.29, 0.717) is 13.0 Å². The van der Waals surface area contributed by atoms with Crippen molar-refractivity contribution in [1.82, 2.24) is 4.90 Å². The molecule has 1 aliphatic rings. The summed E-state index contributed by atoms with van der Waals surface area (Å²) >= 11 is 0. The summed E-state index contributed by atoms with van der Waals surface area (Å²) in [7, 11) is 0. The third-order valence-electron chi connectivity index (χ3n) is 3.25. The predicted molar refractivity (Wildman–Crippen MR) is 75.9 cm³/mol. The highest BCUT2D eigenvalue weighted by atomic mass is 35.5. The predicted octanol–water partition coefficient (Wildman–Crippen LogP) is 1.91. The molecular formula is C14H21ClN2O. The second kappa shape index (κ2) is 6.76. The average molecular weight is 269 g/mol. The van der Waals surface area contributed by atoms with Gasteiger partial charge in [-0.25, -0.2) is 0 Å². The van der Waals surface area contributed by atoms with Crippen molar-refractivity contribution in [2.24, 2.45) is 5.73 Å². The van der Waals surface area contributed by atoms with E-state index in [2.05, 4.69) is 6.07 Å². The van der Waals surface area contributed by atoms with Crippen LogP contribution in [0.2, 0.25) is 0 Å². The minimum Gasteiger partial charge on any atom is -0.341 e. The molecule has 1 fully saturated rings. The number of carbonyl (C=O) groups is 1. The fourth-order valence-electron chi connectivity index (χ4n) is 2.35. The van der Waals surface area contributed by atoms with E-state index >= 15 is 0 Å². The summed E-state index contributed by atoms with van der Waals surface area (Å²) in [6.07, 6.45) is 2.56. The monoisotopic (exact) mass is 268 g/mol. The van der Waals surface area contributed by atoms with Crippen molar-refractivity contribution in [2.45, 2.75) is 32.2 Å². The molecular weight excluding hydrogens is 248 g/mol. The van der Waals surface area contributed by atoms with Crippen molar-refractivity contribution in [3.63, 3.8) is 0 Å². The Balaban J connectivity index is 0.00000162. The molecule has 1 saturated heterocycles. The molecule has 0 bridgehead atoms. The Morgan fingerprint density at radius 3 is 2.94 bits per heavy atom. The Hall–Kier alpha value is -1.06. The lowest BCUT2D eigenvalue weighted by molar-refractivity contribution is -0.131. The average Bonchev–Trinajstić information content (AvgIpc) is 2.29. The fourth-order valence-corrected chi connectivity index (χ4v) is 2.35. The number of likely N-dealkylation sites (tertiary alicyclic amines) is 1. The van der Waals surface area contributed by atoms with Gasteiger partial charge in [0.15, 0.2) is 0 Å². The Bertz CT molecular complexity index is 409. The first-order valence-electron chi connectivity index (χ1n) is 6.24. The minimum atomic E-state index is 0. The van der Waals surface area contributed by atoms with Crippen LogP contribution in [0.1, 0.15) is 24.0 Å². The number of aryl methyl sites for hydroxylation is 1. The van der Waals surface area contributed by atoms with Gasteiger partial charge in [-0.2, -0.15) is 0 Å². The van der Waals surface area contributed by atoms with Crippen LogP contribution in [-0.4, -0.2) is 29.9 Å². The van der Waals surface area contributed by atoms with Crippen LogP contribution in [0.25, 0.3) is 0 Å². The molecule has 1 heterocycles. The topological polar surface area (TPSA) is 46.3 Å². The molecule has 0 saturated carbocycles. The van der Waals surface area contributed by atoms with Crippen molar-refractivity contribution in [2.75, 3.05) is 13.1 Å². The number of piperidine rings is 1. The number of carbonyl (C=O) groups excluding carboxylic acids is 1. The molecule has 1 aromatic carbocycles. The van der Waals surface area contributed by atoms with Gasteiger partial charge in [0, 0.05) is 19.1 Å². The molecule has 1 amide bonds. The zero-order chi connectivity index (χ0) is 12.3. The van der Waals surface area contributed by atoms with Crippen molar-refractivity contribution in [3.8, 4) is 0 Å². The lowest BCUT2D eigenvalue weighted by atomic mass is 10.0. The highest BCUT2D eigenvalue weighted by molar-refractivity contribution is 5.85. The van der Waals surface area contributed by atoms with Crippen LogP contribution in [0, 0.1) is 6.92 Å². The third kappa shape index (κ3) is 4.00. The molecule has 4 heteroatoms. The lowest BCUT2D eigenvalue weighted by Crippen LogP contribution is -2.46. The van der Waals surface area contributed by atoms with Gasteiger partial charge in [-0.15, -0.1) is 12.4 Å². The first-order valence-corrected chi connectivity index (χ1v) is 6.24. The van der Waals surface area contributed by atoms with Gasteiger partial charge in [0.1, 0.15) is 0 Å². The van der Waals surface area contributed by atoms with Gasteiger partial charge in [0.05, 0.1) is 6.42 Å². The van der Waals surface area contributed by atoms with E-state index in [4.69, 9.17) is 5.73 Å². The van der Waals surface area contributed by atoms with E-state index in [-0.39, 0.29) is 24.4 Å². The summed E-state index contributed by atoms with van der Waals surface area (Å²) in [5, 5.41) is 0. The summed E-state index contributed by atoms with van der Waals surface area (Å²) in [5.74, 6) is 0.200. The Morgan fingerprint density at radius 2 is 2.28 bits per heavy atom. The minimum absolute atomic E-state index is 0. The van der Waals surface area contributed by atoms with Crippen molar-refractivity contribution < 1.29 is 4.79 Å². The Kier molecular flexibility index (Phi) is 5.63. The molecule has 2 N–H and O–H groups in total. The molecule has 0 aromatic heterocycles. The van der Waals surface area contributed by atoms with E-state index < -0.39 is 0 Å². The number of hydrogen-bond acceptors (Lipinski definition) is 2. The summed E-state index contributed by atoms with van der Waals surface area (Å²) < 4.78 is 0. The number of nitrogens with zero attached hydrogens (tertiary/aromatic N) is 1. The molecule has 100 valence electrons. The second-order valence-corrected chi connectivity index (χ2v) is 4.91. The van der Waals surface area contributed by atoms with Crippen LogP contribution in [0.3, 0.4) is 0 Å². The third-order valence-corrected chi connectivity index (χ3v) is 3.25. The number of hydrogen-bond donors (Lipinski definition) is 1. The highest BCUT2D eigenvalue weighted by Crippen LogP contribution is 2.11. The number of rotatable bonds is 2. The summed E-state index contributed by atoms with van der Waals surface area (Å²) in [5.41, 5.74) is 8.18. The molecule has 18 heavy (non-hydrogen) atoms. The molecule has 3 nitrogen and oxygen atoms in total. The Labute approximate surface area is 115 Å². The number of halogens is 1. The number of nitrogens with two attached hydrogens (primary N) is 1. The summed E-state index contributed by atoms with van der Waals surface area (Å²) in [6.45, 7) is 3.62. The van der Waals surface area contributed by atoms with E-state index in [9.17, 15) is 4.79 Å². The second-order valence-electron chi connectivity index (χ2n) is 4.91. The van der Waals surface area contributed by atoms with Crippen LogP contribution >= 0.6 is 12.4 Å². The normalized spacial score (nSPS) is 19.2. The SMILES string of the molecule is Cc1cccc(CC(=O)N2CCCC(N)C2)c1.Cl. The molecule has 2 rings (SSSR count). The maximum absolute atomic E-state index is 12.1. The maximum Gasteiger partial charge on any atom is 0.227 e. The first-order chi connectivity index (χ1) is 8.15. The Morgan fingerprint density at radius 1 is 1.50 bits per heavy atom. The van der Waals surface area contributed by atoms with Crippen LogP contribution in [0.15, 0.2) is 24.3 Å². The molecule has 1 atom stereocenters. The van der Waals surface area contributed by atoms with Crippen LogP contribution in [0.5, 0.6) is 0 Å². The zero-order valence-corrected chi connectivity index (χ0v) is 11.6. The maximum atomic E-state index is 12.1. The fraction of sp³-hybridized carbons (Fsp3) is 0.500. The van der Waals surface area contributed by atoms with Gasteiger partial charge >= 0.3 is 0 Å². The molecule has 1 aromatic rings. The van der Waals surface area contributed by atoms with Gasteiger partial charge in [0.25, 0.3) is 0 Å². The van der Waals surface area contributed by atoms with Crippen molar-refractivity contribution in [1.29, 1.82) is 0 Å². The molecule has 1 unspecified atom stereocenters. The van der Waals surface area contributed by atoms with Gasteiger partial charge in [-0.3, -0.25) is 4.79 Å². The standard InChI is InChI=1S/C14H20N2O.ClH/c1-11-4-2-5-12(8-11)9-14(17)16-7-3-6-13(15)10-16;/h2,4-5,8,13H,3,6-7,9-10,15H2,1H3;1H. The summed E-state index contributed by atoms with van der Waals surface area (Å²) in [4.78, 5) is 14.0. The number of benzene rings is 1. The van der Waals surface area contributed by atoms with Crippen LogP contribution in [-0.2, 0) is 11.2 Å². The lowest BCUT2D eigenvalue weighted by Gasteiger charge is -2.30. The van der Waals surface area contributed by atoms with Crippen LogP contribution in [0.4, 0.5) is 0 Å². The highest BCUT2D eigenvalue weighted by Gasteiger charge is 2.20. The molecule has 0 radical (unpaired) electrons. The van der Waals surface area contributed by atoms with Crippen molar-refractivity contribution in [3.05, 3.63) is 35.4 Å². The molecule has 0 aliphatic carbocycles. The first kappa shape index (κ1) is 15.0. The van der Waals surface area contributed by atoms with Crippen LogP contribution < -0.4 is 5.73 Å². The largest absolute Gasteiger partial charge is 0.341 e. The van der Waals surface area contributed by atoms with Crippen molar-refractivity contribution >= 4 is 18.3 Å².